The first-order valence-electron chi connectivity index (χ1n) is 16.3. The Hall–Kier alpha value is -5.64. The lowest BCUT2D eigenvalue weighted by molar-refractivity contribution is 0.669. The standard InChI is InChI=1S/C44H25NOS/c1-44-33-13-5-2-9-25(33)30-22-31-26-10-3-6-14-36(26)45(37(31)23-35(30)44)24-17-20-38-32(21-24)41-27(12-8-15-39(41)46-38)28-18-19-34(44)42-29-11-4-7-16-40(29)47-43(28)42/h2-23H,1H3. The molecule has 47 heavy (non-hydrogen) atoms. The molecule has 0 saturated heterocycles. The van der Waals surface area contributed by atoms with Crippen LogP contribution in [0.4, 0.5) is 0 Å². The van der Waals surface area contributed by atoms with Crippen LogP contribution >= 0.6 is 11.3 Å². The molecule has 0 fully saturated rings. The van der Waals surface area contributed by atoms with Gasteiger partial charge in [0.25, 0.3) is 0 Å². The summed E-state index contributed by atoms with van der Waals surface area (Å²) < 4.78 is 11.7. The zero-order valence-corrected chi connectivity index (χ0v) is 26.3. The highest BCUT2D eigenvalue weighted by atomic mass is 32.1. The molecule has 1 aliphatic carbocycles. The summed E-state index contributed by atoms with van der Waals surface area (Å²) >= 11 is 1.91. The van der Waals surface area contributed by atoms with Crippen molar-refractivity contribution in [2.75, 3.05) is 0 Å². The third kappa shape index (κ3) is 2.81. The molecule has 4 heterocycles. The maximum atomic E-state index is 6.56. The lowest BCUT2D eigenvalue weighted by atomic mass is 9.72. The van der Waals surface area contributed by atoms with Gasteiger partial charge in [0.15, 0.2) is 0 Å². The minimum Gasteiger partial charge on any atom is -0.456 e. The Kier molecular flexibility index (Phi) is 4.28. The molecule has 0 N–H and O–H groups in total. The number of rotatable bonds is 0. The third-order valence-corrected chi connectivity index (χ3v) is 12.4. The van der Waals surface area contributed by atoms with Crippen LogP contribution in [0.2, 0.25) is 0 Å². The molecule has 0 spiro atoms. The molecule has 218 valence electrons. The zero-order chi connectivity index (χ0) is 30.6. The number of fused-ring (bicyclic) bond motifs is 18. The number of hydrogen-bond acceptors (Lipinski definition) is 2. The van der Waals surface area contributed by atoms with Gasteiger partial charge in [0.2, 0.25) is 0 Å². The van der Waals surface area contributed by atoms with E-state index in [1.54, 1.807) is 0 Å². The van der Waals surface area contributed by atoms with E-state index in [9.17, 15) is 0 Å². The molecule has 1 unspecified atom stereocenters. The fourth-order valence-corrected chi connectivity index (χ4v) is 10.4. The van der Waals surface area contributed by atoms with Crippen LogP contribution in [0.3, 0.4) is 0 Å². The number of hydrogen-bond donors (Lipinski definition) is 0. The fraction of sp³-hybridized carbons (Fsp3) is 0.0455. The SMILES string of the molecule is CC12c3ccccc3-c3cc4c5ccccc5n(c4cc31)-c1ccc3oc4cccc(c4c3c1)-c1ccc2c2c1sc1ccccc12. The Morgan fingerprint density at radius 1 is 0.511 bits per heavy atom. The second kappa shape index (κ2) is 8.19. The molecule has 1 aliphatic heterocycles. The van der Waals surface area contributed by atoms with E-state index >= 15 is 0 Å². The molecule has 3 heteroatoms. The first kappa shape index (κ1) is 24.6. The van der Waals surface area contributed by atoms with Gasteiger partial charge in [0.1, 0.15) is 11.2 Å². The molecule has 0 radical (unpaired) electrons. The van der Waals surface area contributed by atoms with E-state index in [2.05, 4.69) is 145 Å². The third-order valence-electron chi connectivity index (χ3n) is 11.2. The summed E-state index contributed by atoms with van der Waals surface area (Å²) in [5, 5.41) is 7.56. The Bertz CT molecular complexity index is 3040. The van der Waals surface area contributed by atoms with Gasteiger partial charge in [-0.15, -0.1) is 11.3 Å². The number of thiophene rings is 1. The van der Waals surface area contributed by atoms with Gasteiger partial charge in [0, 0.05) is 58.4 Å². The molecule has 1 atom stereocenters. The largest absolute Gasteiger partial charge is 0.456 e. The van der Waals surface area contributed by atoms with E-state index in [0.717, 1.165) is 22.2 Å². The summed E-state index contributed by atoms with van der Waals surface area (Å²) in [6, 6.07) is 50.0. The van der Waals surface area contributed by atoms with Crippen molar-refractivity contribution in [1.82, 2.24) is 4.57 Å². The second-order valence-electron chi connectivity index (χ2n) is 13.4. The van der Waals surface area contributed by atoms with E-state index in [1.165, 1.54) is 86.3 Å². The summed E-state index contributed by atoms with van der Waals surface area (Å²) in [5.41, 5.74) is 14.3. The lowest BCUT2D eigenvalue weighted by Gasteiger charge is -2.30. The van der Waals surface area contributed by atoms with Crippen molar-refractivity contribution >= 4 is 75.3 Å². The fourth-order valence-electron chi connectivity index (χ4n) is 9.15. The molecule has 0 saturated carbocycles. The molecular weight excluding hydrogens is 591 g/mol. The Morgan fingerprint density at radius 3 is 2.30 bits per heavy atom. The highest BCUT2D eigenvalue weighted by Gasteiger charge is 2.43. The number of benzene rings is 7. The van der Waals surface area contributed by atoms with Crippen molar-refractivity contribution < 1.29 is 4.42 Å². The van der Waals surface area contributed by atoms with Crippen LogP contribution in [0.25, 0.3) is 91.9 Å². The molecule has 3 aromatic heterocycles. The first-order valence-corrected chi connectivity index (χ1v) is 17.1. The predicted molar refractivity (Wildman–Crippen MR) is 197 cm³/mol. The van der Waals surface area contributed by atoms with Crippen LogP contribution in [0.1, 0.15) is 23.6 Å². The Labute approximate surface area is 273 Å². The van der Waals surface area contributed by atoms with Gasteiger partial charge in [-0.25, -0.2) is 0 Å². The smallest absolute Gasteiger partial charge is 0.136 e. The highest BCUT2D eigenvalue weighted by Crippen LogP contribution is 2.57. The summed E-state index contributed by atoms with van der Waals surface area (Å²) in [7, 11) is 0. The van der Waals surface area contributed by atoms with Gasteiger partial charge >= 0.3 is 0 Å². The van der Waals surface area contributed by atoms with Crippen molar-refractivity contribution in [3.05, 3.63) is 150 Å². The first-order chi connectivity index (χ1) is 23.2. The maximum Gasteiger partial charge on any atom is 0.136 e. The van der Waals surface area contributed by atoms with Crippen LogP contribution in [0.5, 0.6) is 0 Å². The molecule has 2 aliphatic rings. The normalized spacial score (nSPS) is 16.3. The number of furan rings is 1. The highest BCUT2D eigenvalue weighted by molar-refractivity contribution is 7.26. The Balaban J connectivity index is 1.39. The molecule has 0 amide bonds. The molecule has 10 aromatic rings. The van der Waals surface area contributed by atoms with Gasteiger partial charge in [-0.05, 0) is 88.8 Å². The number of aromatic nitrogens is 1. The molecular formula is C44H25NOS. The summed E-state index contributed by atoms with van der Waals surface area (Å²) in [6.07, 6.45) is 0. The van der Waals surface area contributed by atoms with Crippen LogP contribution < -0.4 is 0 Å². The molecule has 12 rings (SSSR count). The van der Waals surface area contributed by atoms with Crippen molar-refractivity contribution in [2.45, 2.75) is 12.3 Å². The zero-order valence-electron chi connectivity index (χ0n) is 25.5. The molecule has 6 bridgehead atoms. The van der Waals surface area contributed by atoms with Crippen molar-refractivity contribution in [1.29, 1.82) is 0 Å². The molecule has 2 nitrogen and oxygen atoms in total. The molecule has 7 aromatic carbocycles. The van der Waals surface area contributed by atoms with Crippen LogP contribution in [-0.2, 0) is 5.41 Å². The van der Waals surface area contributed by atoms with Gasteiger partial charge in [-0.1, -0.05) is 84.9 Å². The monoisotopic (exact) mass is 615 g/mol. The minimum atomic E-state index is -0.358. The summed E-state index contributed by atoms with van der Waals surface area (Å²) in [5.74, 6) is 0. The average Bonchev–Trinajstić information content (AvgIpc) is 3.84. The Morgan fingerprint density at radius 2 is 1.34 bits per heavy atom. The summed E-state index contributed by atoms with van der Waals surface area (Å²) in [4.78, 5) is 0. The minimum absolute atomic E-state index is 0.358. The van der Waals surface area contributed by atoms with Gasteiger partial charge in [-0.3, -0.25) is 0 Å². The van der Waals surface area contributed by atoms with Crippen molar-refractivity contribution in [3.63, 3.8) is 0 Å². The topological polar surface area (TPSA) is 18.1 Å². The lowest BCUT2D eigenvalue weighted by Crippen LogP contribution is -2.23. The van der Waals surface area contributed by atoms with Gasteiger partial charge < -0.3 is 8.98 Å². The van der Waals surface area contributed by atoms with E-state index in [1.807, 2.05) is 11.3 Å². The van der Waals surface area contributed by atoms with E-state index < -0.39 is 0 Å². The van der Waals surface area contributed by atoms with Gasteiger partial charge in [-0.2, -0.15) is 0 Å². The number of nitrogens with zero attached hydrogens (tertiary/aromatic N) is 1. The van der Waals surface area contributed by atoms with E-state index in [0.29, 0.717) is 0 Å². The maximum absolute atomic E-state index is 6.56. The van der Waals surface area contributed by atoms with Crippen molar-refractivity contribution in [2.24, 2.45) is 0 Å². The average molecular weight is 616 g/mol. The summed E-state index contributed by atoms with van der Waals surface area (Å²) in [6.45, 7) is 2.46. The van der Waals surface area contributed by atoms with E-state index in [4.69, 9.17) is 4.42 Å². The van der Waals surface area contributed by atoms with Gasteiger partial charge in [0.05, 0.1) is 11.0 Å². The van der Waals surface area contributed by atoms with Crippen LogP contribution in [0, 0.1) is 0 Å². The van der Waals surface area contributed by atoms with Crippen LogP contribution in [0.15, 0.2) is 138 Å². The predicted octanol–water partition coefficient (Wildman–Crippen LogP) is 12.4. The second-order valence-corrected chi connectivity index (χ2v) is 14.4. The van der Waals surface area contributed by atoms with E-state index in [-0.39, 0.29) is 5.41 Å². The van der Waals surface area contributed by atoms with Crippen LogP contribution in [-0.4, -0.2) is 4.57 Å². The number of para-hydroxylation sites is 1. The van der Waals surface area contributed by atoms with Crippen molar-refractivity contribution in [3.8, 4) is 27.9 Å². The quantitative estimate of drug-likeness (QED) is 0.166.